The summed E-state index contributed by atoms with van der Waals surface area (Å²) in [5.41, 5.74) is 10.1. The van der Waals surface area contributed by atoms with Gasteiger partial charge >= 0.3 is 0 Å². The van der Waals surface area contributed by atoms with E-state index in [0.717, 1.165) is 28.0 Å². The van der Waals surface area contributed by atoms with Gasteiger partial charge in [0.2, 0.25) is 15.6 Å². The predicted molar refractivity (Wildman–Crippen MR) is 134 cm³/mol. The number of thiophene rings is 1. The van der Waals surface area contributed by atoms with Crippen LogP contribution in [-0.2, 0) is 9.84 Å². The van der Waals surface area contributed by atoms with Crippen molar-refractivity contribution in [3.8, 4) is 0 Å². The molecule has 0 saturated heterocycles. The van der Waals surface area contributed by atoms with Crippen LogP contribution in [0.15, 0.2) is 76.5 Å². The van der Waals surface area contributed by atoms with E-state index >= 15 is 0 Å². The number of sulfone groups is 1. The van der Waals surface area contributed by atoms with Gasteiger partial charge < -0.3 is 11.1 Å². The van der Waals surface area contributed by atoms with Crippen molar-refractivity contribution in [1.29, 1.82) is 0 Å². The number of rotatable bonds is 6. The van der Waals surface area contributed by atoms with E-state index in [9.17, 15) is 17.6 Å². The van der Waals surface area contributed by atoms with E-state index in [0.29, 0.717) is 5.69 Å². The van der Waals surface area contributed by atoms with Crippen LogP contribution < -0.4 is 11.1 Å². The Morgan fingerprint density at radius 3 is 2.18 bits per heavy atom. The summed E-state index contributed by atoms with van der Waals surface area (Å²) in [6, 6.07) is 17.1. The second-order valence-corrected chi connectivity index (χ2v) is 11.0. The van der Waals surface area contributed by atoms with Gasteiger partial charge in [0.15, 0.2) is 0 Å². The summed E-state index contributed by atoms with van der Waals surface area (Å²) in [6.07, 6.45) is 0. The molecule has 4 aromatic rings. The van der Waals surface area contributed by atoms with Gasteiger partial charge in [-0.15, -0.1) is 11.3 Å². The molecule has 5 nitrogen and oxygen atoms in total. The van der Waals surface area contributed by atoms with Crippen LogP contribution in [0.5, 0.6) is 0 Å². The molecular formula is C26H23FN2O3S2. The molecule has 0 saturated carbocycles. The molecule has 34 heavy (non-hydrogen) atoms. The lowest BCUT2D eigenvalue weighted by Crippen LogP contribution is -2.08. The van der Waals surface area contributed by atoms with E-state index in [4.69, 9.17) is 5.73 Å². The van der Waals surface area contributed by atoms with Crippen LogP contribution in [0.25, 0.3) is 0 Å². The van der Waals surface area contributed by atoms with E-state index < -0.39 is 21.4 Å². The fraction of sp³-hybridized carbons (Fsp3) is 0.115. The van der Waals surface area contributed by atoms with E-state index in [1.807, 2.05) is 39.0 Å². The minimum absolute atomic E-state index is 0.0728. The fourth-order valence-electron chi connectivity index (χ4n) is 3.46. The number of nitrogen functional groups attached to an aromatic ring is 1. The summed E-state index contributed by atoms with van der Waals surface area (Å²) in [5, 5.41) is 3.39. The summed E-state index contributed by atoms with van der Waals surface area (Å²) >= 11 is 0.964. The second kappa shape index (κ2) is 9.04. The number of hydrogen-bond donors (Lipinski definition) is 2. The zero-order valence-corrected chi connectivity index (χ0v) is 20.5. The monoisotopic (exact) mass is 494 g/mol. The van der Waals surface area contributed by atoms with Gasteiger partial charge in [-0.25, -0.2) is 12.8 Å². The maximum Gasteiger partial charge on any atom is 0.211 e. The molecule has 0 aliphatic carbocycles. The normalized spacial score (nSPS) is 11.4. The third-order valence-corrected chi connectivity index (χ3v) is 8.68. The number of aryl methyl sites for hydroxylation is 3. The molecule has 0 fully saturated rings. The van der Waals surface area contributed by atoms with Crippen molar-refractivity contribution in [2.24, 2.45) is 0 Å². The third kappa shape index (κ3) is 4.47. The summed E-state index contributed by atoms with van der Waals surface area (Å²) < 4.78 is 40.6. The van der Waals surface area contributed by atoms with Gasteiger partial charge in [-0.05, 0) is 80.4 Å². The van der Waals surface area contributed by atoms with Crippen LogP contribution in [0, 0.1) is 26.6 Å². The highest BCUT2D eigenvalue weighted by Crippen LogP contribution is 2.44. The van der Waals surface area contributed by atoms with Crippen molar-refractivity contribution in [2.45, 2.75) is 30.6 Å². The minimum atomic E-state index is -4.05. The smallest absolute Gasteiger partial charge is 0.211 e. The summed E-state index contributed by atoms with van der Waals surface area (Å²) in [6.45, 7) is 5.80. The van der Waals surface area contributed by atoms with Crippen molar-refractivity contribution in [1.82, 2.24) is 0 Å². The number of carbonyl (C=O) groups excluding carboxylic acids is 1. The van der Waals surface area contributed by atoms with E-state index in [2.05, 4.69) is 5.32 Å². The molecule has 4 rings (SSSR count). The highest BCUT2D eigenvalue weighted by molar-refractivity contribution is 7.92. The standard InChI is InChI=1S/C26H23FN2O3S2/c1-15-4-12-21(13-5-15)34(31,32)25-22(28)24(23(30)18-7-9-19(27)10-8-18)33-26(25)29-20-11-6-16(2)17(3)14-20/h4-14,29H,28H2,1-3H3. The maximum absolute atomic E-state index is 13.6. The Bertz CT molecular complexity index is 1490. The molecule has 0 atom stereocenters. The van der Waals surface area contributed by atoms with Crippen LogP contribution in [0.1, 0.15) is 31.9 Å². The number of hydrogen-bond acceptors (Lipinski definition) is 6. The number of nitrogens with one attached hydrogen (secondary N) is 1. The largest absolute Gasteiger partial charge is 0.396 e. The van der Waals surface area contributed by atoms with Crippen LogP contribution in [0.2, 0.25) is 0 Å². The quantitative estimate of drug-likeness (QED) is 0.312. The Morgan fingerprint density at radius 1 is 0.912 bits per heavy atom. The molecule has 0 radical (unpaired) electrons. The first-order valence-corrected chi connectivity index (χ1v) is 12.8. The molecule has 0 unspecified atom stereocenters. The maximum atomic E-state index is 13.6. The fourth-order valence-corrected chi connectivity index (χ4v) is 6.40. The lowest BCUT2D eigenvalue weighted by atomic mass is 10.1. The highest BCUT2D eigenvalue weighted by Gasteiger charge is 2.31. The van der Waals surface area contributed by atoms with Crippen molar-refractivity contribution < 1.29 is 17.6 Å². The number of anilines is 3. The number of carbonyl (C=O) groups is 1. The van der Waals surface area contributed by atoms with E-state index in [-0.39, 0.29) is 30.9 Å². The van der Waals surface area contributed by atoms with Gasteiger partial charge in [0.1, 0.15) is 20.6 Å². The summed E-state index contributed by atoms with van der Waals surface area (Å²) in [5.74, 6) is -0.952. The molecule has 0 spiro atoms. The van der Waals surface area contributed by atoms with Crippen molar-refractivity contribution in [2.75, 3.05) is 11.1 Å². The molecule has 8 heteroatoms. The van der Waals surface area contributed by atoms with Gasteiger partial charge in [-0.3, -0.25) is 4.79 Å². The van der Waals surface area contributed by atoms with Crippen molar-refractivity contribution >= 4 is 43.3 Å². The predicted octanol–water partition coefficient (Wildman–Crippen LogP) is 6.20. The Hall–Kier alpha value is -3.49. The van der Waals surface area contributed by atoms with E-state index in [1.54, 1.807) is 12.1 Å². The number of ketones is 1. The molecule has 0 amide bonds. The van der Waals surface area contributed by atoms with Crippen molar-refractivity contribution in [3.05, 3.63) is 99.7 Å². The first-order valence-electron chi connectivity index (χ1n) is 10.5. The van der Waals surface area contributed by atoms with Gasteiger partial charge in [-0.1, -0.05) is 23.8 Å². The number of benzene rings is 3. The average Bonchev–Trinajstić information content (AvgIpc) is 3.13. The van der Waals surface area contributed by atoms with Gasteiger partial charge in [-0.2, -0.15) is 0 Å². The highest BCUT2D eigenvalue weighted by atomic mass is 32.2. The van der Waals surface area contributed by atoms with Crippen LogP contribution in [-0.4, -0.2) is 14.2 Å². The first kappa shape index (κ1) is 23.7. The Labute approximate surface area is 202 Å². The Morgan fingerprint density at radius 2 is 1.56 bits per heavy atom. The molecular weight excluding hydrogens is 471 g/mol. The molecule has 1 heterocycles. The SMILES string of the molecule is Cc1ccc(S(=O)(=O)c2c(Nc3ccc(C)c(C)c3)sc(C(=O)c3ccc(F)cc3)c2N)cc1. The molecule has 174 valence electrons. The lowest BCUT2D eigenvalue weighted by molar-refractivity contribution is 0.104. The average molecular weight is 495 g/mol. The minimum Gasteiger partial charge on any atom is -0.396 e. The molecule has 0 aliphatic heterocycles. The first-order chi connectivity index (χ1) is 16.1. The molecule has 1 aromatic heterocycles. The molecule has 3 aromatic carbocycles. The van der Waals surface area contributed by atoms with Crippen molar-refractivity contribution in [3.63, 3.8) is 0 Å². The summed E-state index contributed by atoms with van der Waals surface area (Å²) in [4.78, 5) is 13.2. The lowest BCUT2D eigenvalue weighted by Gasteiger charge is -2.11. The summed E-state index contributed by atoms with van der Waals surface area (Å²) in [7, 11) is -4.05. The Balaban J connectivity index is 1.88. The number of nitrogens with two attached hydrogens (primary N) is 1. The molecule has 3 N–H and O–H groups in total. The Kier molecular flexibility index (Phi) is 6.29. The topological polar surface area (TPSA) is 89.3 Å². The van der Waals surface area contributed by atoms with Gasteiger partial charge in [0.05, 0.1) is 10.6 Å². The third-order valence-electron chi connectivity index (χ3n) is 5.58. The van der Waals surface area contributed by atoms with Gasteiger partial charge in [0.25, 0.3) is 0 Å². The second-order valence-electron chi connectivity index (χ2n) is 8.08. The number of halogens is 1. The van der Waals surface area contributed by atoms with Crippen LogP contribution >= 0.6 is 11.3 Å². The van der Waals surface area contributed by atoms with Crippen LogP contribution in [0.4, 0.5) is 20.8 Å². The zero-order chi connectivity index (χ0) is 24.6. The van der Waals surface area contributed by atoms with Crippen LogP contribution in [0.3, 0.4) is 0 Å². The molecule has 0 bridgehead atoms. The van der Waals surface area contributed by atoms with Gasteiger partial charge in [0, 0.05) is 11.3 Å². The van der Waals surface area contributed by atoms with E-state index in [1.165, 1.54) is 36.4 Å². The zero-order valence-electron chi connectivity index (χ0n) is 18.8. The molecule has 0 aliphatic rings.